The molecule has 3 unspecified atom stereocenters. The van der Waals surface area contributed by atoms with E-state index in [2.05, 4.69) is 114 Å². The molecule has 0 N–H and O–H groups in total. The van der Waals surface area contributed by atoms with Gasteiger partial charge in [-0.25, -0.2) is 4.57 Å². The van der Waals surface area contributed by atoms with Crippen molar-refractivity contribution < 1.29 is 18.1 Å². The van der Waals surface area contributed by atoms with Crippen molar-refractivity contribution in [2.75, 3.05) is 0 Å². The molecule has 140 valence electrons. The molecule has 0 saturated carbocycles. The third-order valence-corrected chi connectivity index (χ3v) is 9.95. The summed E-state index contributed by atoms with van der Waals surface area (Å²) in [5, 5.41) is -1.62. The van der Waals surface area contributed by atoms with Crippen molar-refractivity contribution in [3.05, 3.63) is 0 Å². The van der Waals surface area contributed by atoms with Gasteiger partial charge >= 0.3 is 7.82 Å². The SMILES string of the molecule is CC(S)C(S)(S)OP(=O)(OC(S)(S)C(C)S)OC(S)(S)C(C)S. The minimum Gasteiger partial charge on any atom is -0.258 e. The van der Waals surface area contributed by atoms with E-state index in [9.17, 15) is 4.57 Å². The highest BCUT2D eigenvalue weighted by atomic mass is 32.2. The molecule has 0 fully saturated rings. The molecule has 4 nitrogen and oxygen atoms in total. The van der Waals surface area contributed by atoms with E-state index in [0.29, 0.717) is 0 Å². The fraction of sp³-hybridized carbons (Fsp3) is 1.00. The molecular weight excluding hydrogens is 492 g/mol. The summed E-state index contributed by atoms with van der Waals surface area (Å²) in [6.07, 6.45) is 0. The van der Waals surface area contributed by atoms with Crippen molar-refractivity contribution in [2.24, 2.45) is 0 Å². The summed E-state index contributed by atoms with van der Waals surface area (Å²) in [7, 11) is -4.35. The minimum absolute atomic E-state index is 0.542. The van der Waals surface area contributed by atoms with Gasteiger partial charge in [-0.05, 0) is 20.8 Å². The Kier molecular flexibility index (Phi) is 11.0. The van der Waals surface area contributed by atoms with Gasteiger partial charge in [0.1, 0.15) is 0 Å². The molecule has 23 heavy (non-hydrogen) atoms. The molecule has 0 amide bonds. The average Bonchev–Trinajstić information content (AvgIpc) is 2.24. The van der Waals surface area contributed by atoms with Gasteiger partial charge in [0.15, 0.2) is 12.8 Å². The number of phosphoric acid groups is 1. The zero-order valence-electron chi connectivity index (χ0n) is 12.3. The lowest BCUT2D eigenvalue weighted by Gasteiger charge is -2.38. The molecule has 0 bridgehead atoms. The number of hydrogen-bond acceptors (Lipinski definition) is 13. The molecule has 0 rings (SSSR count). The third-order valence-electron chi connectivity index (χ3n) is 2.37. The number of phosphoric ester groups is 1. The molecule has 14 heteroatoms. The third kappa shape index (κ3) is 8.87. The smallest absolute Gasteiger partial charge is 0.258 e. The largest absolute Gasteiger partial charge is 0.481 e. The first-order valence-corrected chi connectivity index (χ1v) is 11.8. The van der Waals surface area contributed by atoms with Crippen molar-refractivity contribution in [3.63, 3.8) is 0 Å². The van der Waals surface area contributed by atoms with Gasteiger partial charge in [0.2, 0.25) is 0 Å². The molecule has 0 aliphatic rings. The van der Waals surface area contributed by atoms with Crippen molar-refractivity contribution in [1.82, 2.24) is 0 Å². The maximum Gasteiger partial charge on any atom is 0.481 e. The molecule has 0 radical (unpaired) electrons. The summed E-state index contributed by atoms with van der Waals surface area (Å²) >= 11 is 37.6. The monoisotopic (exact) mass is 512 g/mol. The second-order valence-electron chi connectivity index (χ2n) is 4.72. The van der Waals surface area contributed by atoms with Crippen LogP contribution in [0, 0.1) is 0 Å². The van der Waals surface area contributed by atoms with Crippen LogP contribution in [0.25, 0.3) is 0 Å². The van der Waals surface area contributed by atoms with Crippen LogP contribution in [0.5, 0.6) is 0 Å². The summed E-state index contributed by atoms with van der Waals surface area (Å²) in [6, 6.07) is 0. The van der Waals surface area contributed by atoms with E-state index in [1.165, 1.54) is 0 Å². The minimum atomic E-state index is -4.35. The molecule has 0 heterocycles. The summed E-state index contributed by atoms with van der Waals surface area (Å²) in [5.41, 5.74) is 0. The van der Waals surface area contributed by atoms with Crippen molar-refractivity contribution in [2.45, 2.75) is 49.3 Å². The Morgan fingerprint density at radius 2 is 0.826 bits per heavy atom. The molecule has 0 aliphatic carbocycles. The van der Waals surface area contributed by atoms with Crippen LogP contribution >= 0.6 is 121 Å². The molecule has 0 aromatic rings. The van der Waals surface area contributed by atoms with E-state index in [1.807, 2.05) is 0 Å². The van der Waals surface area contributed by atoms with Crippen LogP contribution in [0.4, 0.5) is 0 Å². The number of thiol groups is 9. The highest BCUT2D eigenvalue weighted by Gasteiger charge is 2.49. The number of hydrogen-bond donors (Lipinski definition) is 9. The molecule has 0 spiro atoms. The normalized spacial score (nSPS) is 20.7. The first-order chi connectivity index (χ1) is 9.95. The average molecular weight is 513 g/mol. The zero-order chi connectivity index (χ0) is 18.9. The maximum atomic E-state index is 13.1. The summed E-state index contributed by atoms with van der Waals surface area (Å²) < 4.78 is 24.5. The Morgan fingerprint density at radius 1 is 0.652 bits per heavy atom. The Labute approximate surface area is 187 Å². The molecule has 0 aromatic heterocycles. The van der Waals surface area contributed by atoms with Gasteiger partial charge < -0.3 is 0 Å². The van der Waals surface area contributed by atoms with E-state index < -0.39 is 36.4 Å². The van der Waals surface area contributed by atoms with E-state index in [0.717, 1.165) is 0 Å². The van der Waals surface area contributed by atoms with E-state index >= 15 is 0 Å². The van der Waals surface area contributed by atoms with Crippen molar-refractivity contribution in [1.29, 1.82) is 0 Å². The van der Waals surface area contributed by atoms with Gasteiger partial charge in [0.25, 0.3) is 0 Å². The van der Waals surface area contributed by atoms with Gasteiger partial charge in [0.05, 0.1) is 0 Å². The van der Waals surface area contributed by atoms with Crippen molar-refractivity contribution in [3.8, 4) is 0 Å². The maximum absolute atomic E-state index is 13.1. The van der Waals surface area contributed by atoms with Crippen LogP contribution in [-0.4, -0.2) is 28.5 Å². The Hall–Kier alpha value is 3.26. The Balaban J connectivity index is 5.67. The van der Waals surface area contributed by atoms with Crippen LogP contribution in [0.1, 0.15) is 20.8 Å². The van der Waals surface area contributed by atoms with Crippen LogP contribution < -0.4 is 0 Å². The summed E-state index contributed by atoms with van der Waals surface area (Å²) in [5.74, 6) is 0. The molecular formula is C9H21O4PS9. The standard InChI is InChI=1S/C9H21O4PS9/c1-4(15)7(18,19)11-14(10,12-8(20,21)5(2)16)13-9(22,23)6(3)17/h4-6,15-23H,1-3H3. The molecule has 0 aromatic carbocycles. The Morgan fingerprint density at radius 3 is 0.957 bits per heavy atom. The Bertz CT molecular complexity index is 379. The van der Waals surface area contributed by atoms with Gasteiger partial charge in [-0.15, -0.1) is 75.8 Å². The first-order valence-electron chi connectivity index (χ1n) is 6.06. The van der Waals surface area contributed by atoms with E-state index in [-0.39, 0.29) is 0 Å². The van der Waals surface area contributed by atoms with Gasteiger partial charge in [-0.1, -0.05) is 0 Å². The first kappa shape index (κ1) is 26.3. The number of rotatable bonds is 9. The lowest BCUT2D eigenvalue weighted by atomic mass is 10.5. The van der Waals surface area contributed by atoms with Crippen LogP contribution in [0.2, 0.25) is 0 Å². The quantitative estimate of drug-likeness (QED) is 0.128. The van der Waals surface area contributed by atoms with Crippen molar-refractivity contribution >= 4 is 121 Å². The fourth-order valence-electron chi connectivity index (χ4n) is 0.778. The topological polar surface area (TPSA) is 44.8 Å². The predicted octanol–water partition coefficient (Wildman–Crippen LogP) is 4.64. The highest BCUT2D eigenvalue weighted by Crippen LogP contribution is 2.63. The van der Waals surface area contributed by atoms with E-state index in [1.54, 1.807) is 20.8 Å². The molecule has 0 saturated heterocycles. The zero-order valence-corrected chi connectivity index (χ0v) is 21.3. The van der Waals surface area contributed by atoms with Crippen LogP contribution in [0.3, 0.4) is 0 Å². The van der Waals surface area contributed by atoms with Crippen LogP contribution in [-0.2, 0) is 18.1 Å². The highest BCUT2D eigenvalue weighted by molar-refractivity contribution is 8.03. The summed E-state index contributed by atoms with van der Waals surface area (Å²) in [4.78, 5) is 0. The fourth-order valence-corrected chi connectivity index (χ4v) is 4.56. The van der Waals surface area contributed by atoms with E-state index in [4.69, 9.17) is 13.6 Å². The lowest BCUT2D eigenvalue weighted by molar-refractivity contribution is 0.0706. The second kappa shape index (κ2) is 9.65. The summed E-state index contributed by atoms with van der Waals surface area (Å²) in [6.45, 7) is 4.91. The predicted molar refractivity (Wildman–Crippen MR) is 128 cm³/mol. The molecule has 3 atom stereocenters. The van der Waals surface area contributed by atoms with Gasteiger partial charge in [0, 0.05) is 15.7 Å². The second-order valence-corrected chi connectivity index (χ2v) is 13.5. The van der Waals surface area contributed by atoms with Gasteiger partial charge in [-0.2, -0.15) is 37.9 Å². The van der Waals surface area contributed by atoms with Crippen LogP contribution in [0.15, 0.2) is 0 Å². The molecule has 0 aliphatic heterocycles. The van der Waals surface area contributed by atoms with Gasteiger partial charge in [-0.3, -0.25) is 13.6 Å². The lowest BCUT2D eigenvalue weighted by Crippen LogP contribution is -2.35.